The van der Waals surface area contributed by atoms with Crippen LogP contribution in [0.5, 0.6) is 11.5 Å². The van der Waals surface area contributed by atoms with Crippen LogP contribution < -0.4 is 9.47 Å². The molecule has 0 saturated carbocycles. The summed E-state index contributed by atoms with van der Waals surface area (Å²) in [4.78, 5) is 4.49. The highest BCUT2D eigenvalue weighted by Gasteiger charge is 2.05. The molecule has 0 unspecified atom stereocenters. The van der Waals surface area contributed by atoms with Crippen molar-refractivity contribution < 1.29 is 9.47 Å². The van der Waals surface area contributed by atoms with Gasteiger partial charge < -0.3 is 9.47 Å². The van der Waals surface area contributed by atoms with Gasteiger partial charge in [-0.2, -0.15) is 0 Å². The van der Waals surface area contributed by atoms with Crippen molar-refractivity contribution in [3.63, 3.8) is 0 Å². The third kappa shape index (κ3) is 4.70. The molecule has 3 aromatic carbocycles. The lowest BCUT2D eigenvalue weighted by Gasteiger charge is -2.11. The monoisotopic (exact) mass is 331 g/mol. The summed E-state index contributed by atoms with van der Waals surface area (Å²) in [6.45, 7) is 2.57. The molecule has 3 aromatic rings. The highest BCUT2D eigenvalue weighted by molar-refractivity contribution is 5.83. The molecule has 0 aromatic heterocycles. The van der Waals surface area contributed by atoms with E-state index in [1.165, 1.54) is 5.56 Å². The highest BCUT2D eigenvalue weighted by atomic mass is 16.5. The number of rotatable bonds is 6. The lowest BCUT2D eigenvalue weighted by molar-refractivity contribution is 0.284. The summed E-state index contributed by atoms with van der Waals surface area (Å²) in [5, 5.41) is 0. The second-order valence-electron chi connectivity index (χ2n) is 5.78. The van der Waals surface area contributed by atoms with E-state index in [2.05, 4.69) is 11.9 Å². The van der Waals surface area contributed by atoms with Crippen LogP contribution in [0.4, 0.5) is 5.69 Å². The van der Waals surface area contributed by atoms with Crippen molar-refractivity contribution in [2.75, 3.05) is 7.11 Å². The van der Waals surface area contributed by atoms with Crippen molar-refractivity contribution in [3.05, 3.63) is 89.5 Å². The van der Waals surface area contributed by atoms with Gasteiger partial charge in [0.1, 0.15) is 6.61 Å². The lowest BCUT2D eigenvalue weighted by Crippen LogP contribution is -1.98. The van der Waals surface area contributed by atoms with Crippen LogP contribution in [0.3, 0.4) is 0 Å². The predicted molar refractivity (Wildman–Crippen MR) is 102 cm³/mol. The summed E-state index contributed by atoms with van der Waals surface area (Å²) < 4.78 is 11.3. The first kappa shape index (κ1) is 16.8. The Hall–Kier alpha value is -3.07. The predicted octanol–water partition coefficient (Wildman–Crippen LogP) is 5.33. The Labute approximate surface area is 148 Å². The Morgan fingerprint density at radius 2 is 1.64 bits per heavy atom. The third-order valence-corrected chi connectivity index (χ3v) is 3.82. The van der Waals surface area contributed by atoms with E-state index in [-0.39, 0.29) is 0 Å². The maximum Gasteiger partial charge on any atom is 0.161 e. The smallest absolute Gasteiger partial charge is 0.161 e. The van der Waals surface area contributed by atoms with E-state index in [0.29, 0.717) is 12.4 Å². The molecule has 3 rings (SSSR count). The molecule has 0 spiro atoms. The van der Waals surface area contributed by atoms with Crippen LogP contribution in [0.2, 0.25) is 0 Å². The fourth-order valence-corrected chi connectivity index (χ4v) is 2.40. The zero-order chi connectivity index (χ0) is 17.5. The van der Waals surface area contributed by atoms with Gasteiger partial charge in [0.05, 0.1) is 12.8 Å². The molecular weight excluding hydrogens is 310 g/mol. The van der Waals surface area contributed by atoms with E-state index < -0.39 is 0 Å². The topological polar surface area (TPSA) is 30.8 Å². The molecule has 0 atom stereocenters. The summed E-state index contributed by atoms with van der Waals surface area (Å²) in [6.07, 6.45) is 1.83. The highest BCUT2D eigenvalue weighted by Crippen LogP contribution is 2.28. The van der Waals surface area contributed by atoms with Gasteiger partial charge in [0, 0.05) is 6.21 Å². The number of methoxy groups -OCH3 is 1. The Kier molecular flexibility index (Phi) is 5.47. The van der Waals surface area contributed by atoms with Gasteiger partial charge in [-0.15, -0.1) is 0 Å². The molecule has 0 N–H and O–H groups in total. The van der Waals surface area contributed by atoms with E-state index in [1.807, 2.05) is 79.0 Å². The normalized spacial score (nSPS) is 10.8. The van der Waals surface area contributed by atoms with Crippen LogP contribution in [-0.4, -0.2) is 13.3 Å². The summed E-state index contributed by atoms with van der Waals surface area (Å²) >= 11 is 0. The first-order valence-electron chi connectivity index (χ1n) is 8.20. The maximum absolute atomic E-state index is 5.88. The van der Waals surface area contributed by atoms with Crippen LogP contribution in [0.15, 0.2) is 77.8 Å². The molecule has 0 heterocycles. The van der Waals surface area contributed by atoms with Gasteiger partial charge >= 0.3 is 0 Å². The summed E-state index contributed by atoms with van der Waals surface area (Å²) in [5.74, 6) is 1.42. The number of nitrogens with zero attached hydrogens (tertiary/aromatic N) is 1. The molecule has 25 heavy (non-hydrogen) atoms. The SMILES string of the molecule is COc1cc(C=Nc2ccc(C)cc2)ccc1OCc1ccccc1. The zero-order valence-corrected chi connectivity index (χ0v) is 14.5. The number of hydrogen-bond acceptors (Lipinski definition) is 3. The van der Waals surface area contributed by atoms with Gasteiger partial charge in [-0.3, -0.25) is 4.99 Å². The summed E-state index contributed by atoms with van der Waals surface area (Å²) in [7, 11) is 1.64. The first-order chi connectivity index (χ1) is 12.2. The fourth-order valence-electron chi connectivity index (χ4n) is 2.40. The van der Waals surface area contributed by atoms with Gasteiger partial charge in [-0.05, 0) is 48.4 Å². The van der Waals surface area contributed by atoms with E-state index >= 15 is 0 Å². The average molecular weight is 331 g/mol. The summed E-state index contributed by atoms with van der Waals surface area (Å²) in [6, 6.07) is 24.0. The minimum absolute atomic E-state index is 0.508. The van der Waals surface area contributed by atoms with Crippen LogP contribution in [0.25, 0.3) is 0 Å². The molecular formula is C22H21NO2. The van der Waals surface area contributed by atoms with Gasteiger partial charge in [0.25, 0.3) is 0 Å². The molecule has 0 amide bonds. The molecule has 0 aliphatic rings. The van der Waals surface area contributed by atoms with E-state index in [9.17, 15) is 0 Å². The Bertz CT molecular complexity index is 840. The van der Waals surface area contributed by atoms with Gasteiger partial charge in [0.15, 0.2) is 11.5 Å². The Morgan fingerprint density at radius 1 is 0.880 bits per heavy atom. The molecule has 0 fully saturated rings. The number of aliphatic imine (C=N–C) groups is 1. The number of ether oxygens (including phenoxy) is 2. The van der Waals surface area contributed by atoms with Crippen molar-refractivity contribution in [2.24, 2.45) is 4.99 Å². The molecule has 0 aliphatic heterocycles. The minimum atomic E-state index is 0.508. The molecule has 0 aliphatic carbocycles. The number of aryl methyl sites for hydroxylation is 1. The quantitative estimate of drug-likeness (QED) is 0.571. The first-order valence-corrected chi connectivity index (χ1v) is 8.20. The van der Waals surface area contributed by atoms with Crippen LogP contribution in [0, 0.1) is 6.92 Å². The number of hydrogen-bond donors (Lipinski definition) is 0. The number of benzene rings is 3. The van der Waals surface area contributed by atoms with Gasteiger partial charge in [-0.25, -0.2) is 0 Å². The zero-order valence-electron chi connectivity index (χ0n) is 14.5. The molecule has 126 valence electrons. The maximum atomic E-state index is 5.88. The fraction of sp³-hybridized carbons (Fsp3) is 0.136. The van der Waals surface area contributed by atoms with E-state index in [1.54, 1.807) is 7.11 Å². The second-order valence-corrected chi connectivity index (χ2v) is 5.78. The molecule has 0 saturated heterocycles. The third-order valence-electron chi connectivity index (χ3n) is 3.82. The molecule has 0 radical (unpaired) electrons. The Morgan fingerprint density at radius 3 is 2.36 bits per heavy atom. The van der Waals surface area contributed by atoms with Crippen molar-refractivity contribution in [2.45, 2.75) is 13.5 Å². The molecule has 0 bridgehead atoms. The summed E-state index contributed by atoms with van der Waals surface area (Å²) in [5.41, 5.74) is 4.23. The van der Waals surface area contributed by atoms with Crippen molar-refractivity contribution in [3.8, 4) is 11.5 Å². The standard InChI is InChI=1S/C22H21NO2/c1-17-8-11-20(12-9-17)23-15-19-10-13-21(22(14-19)24-2)25-16-18-6-4-3-5-7-18/h3-15H,16H2,1-2H3. The van der Waals surface area contributed by atoms with Gasteiger partial charge in [-0.1, -0.05) is 48.0 Å². The minimum Gasteiger partial charge on any atom is -0.493 e. The average Bonchev–Trinajstić information content (AvgIpc) is 2.67. The van der Waals surface area contributed by atoms with Crippen molar-refractivity contribution >= 4 is 11.9 Å². The van der Waals surface area contributed by atoms with Crippen molar-refractivity contribution in [1.82, 2.24) is 0 Å². The second kappa shape index (κ2) is 8.15. The lowest BCUT2D eigenvalue weighted by atomic mass is 10.2. The van der Waals surface area contributed by atoms with Crippen LogP contribution >= 0.6 is 0 Å². The largest absolute Gasteiger partial charge is 0.493 e. The van der Waals surface area contributed by atoms with Crippen molar-refractivity contribution in [1.29, 1.82) is 0 Å². The molecule has 3 nitrogen and oxygen atoms in total. The van der Waals surface area contributed by atoms with E-state index in [0.717, 1.165) is 22.6 Å². The van der Waals surface area contributed by atoms with Crippen LogP contribution in [0.1, 0.15) is 16.7 Å². The van der Waals surface area contributed by atoms with Gasteiger partial charge in [0.2, 0.25) is 0 Å². The van der Waals surface area contributed by atoms with E-state index in [4.69, 9.17) is 9.47 Å². The molecule has 3 heteroatoms. The Balaban J connectivity index is 1.71. The van der Waals surface area contributed by atoms with Crippen LogP contribution in [-0.2, 0) is 6.61 Å².